The molecule has 4 aromatic rings. The van der Waals surface area contributed by atoms with Gasteiger partial charge < -0.3 is 33.2 Å². The molecule has 0 amide bonds. The van der Waals surface area contributed by atoms with E-state index >= 15 is 0 Å². The van der Waals surface area contributed by atoms with E-state index in [-0.39, 0.29) is 25.4 Å². The van der Waals surface area contributed by atoms with E-state index in [0.717, 1.165) is 47.0 Å². The van der Waals surface area contributed by atoms with Crippen LogP contribution in [-0.2, 0) is 23.7 Å². The minimum atomic E-state index is -0.487. The summed E-state index contributed by atoms with van der Waals surface area (Å²) >= 11 is 0. The van der Waals surface area contributed by atoms with Crippen LogP contribution in [-0.4, -0.2) is 76.0 Å². The van der Waals surface area contributed by atoms with Gasteiger partial charge >= 0.3 is 11.9 Å². The number of hydrogen-bond acceptors (Lipinski definition) is 9. The van der Waals surface area contributed by atoms with E-state index < -0.39 is 24.1 Å². The second-order valence-corrected chi connectivity index (χ2v) is 11.7. The first-order valence-corrected chi connectivity index (χ1v) is 15.8. The number of benzene rings is 4. The summed E-state index contributed by atoms with van der Waals surface area (Å²) in [5.74, 6) is 0.718. The maximum atomic E-state index is 12.7. The Bertz CT molecular complexity index is 1490. The third kappa shape index (κ3) is 9.65. The zero-order chi connectivity index (χ0) is 32.6. The topological polar surface area (TPSA) is 105 Å². The standard InChI is InChI=1S/C38H38O9/c1-25(46-37(39)31-7-3-27(4-8-31)29-11-15-33(16-12-29)42-21-35-23-44-35)19-41-20-26(2)47-38(40)32-9-5-28(6-10-32)30-13-17-34(18-14-30)43-22-36-24-45-36/h3-18,25-26,35-36H,19-24H2,1-2H3. The molecule has 0 N–H and O–H groups in total. The normalized spacial score (nSPS) is 17.7. The van der Waals surface area contributed by atoms with Gasteiger partial charge in [-0.1, -0.05) is 48.5 Å². The molecule has 2 aliphatic rings. The van der Waals surface area contributed by atoms with E-state index in [9.17, 15) is 9.59 Å². The largest absolute Gasteiger partial charge is 0.491 e. The Labute approximate surface area is 274 Å². The van der Waals surface area contributed by atoms with E-state index in [1.165, 1.54) is 0 Å². The fourth-order valence-electron chi connectivity index (χ4n) is 4.76. The van der Waals surface area contributed by atoms with Crippen molar-refractivity contribution in [1.29, 1.82) is 0 Å². The maximum absolute atomic E-state index is 12.7. The van der Waals surface area contributed by atoms with Crippen LogP contribution >= 0.6 is 0 Å². The first-order valence-electron chi connectivity index (χ1n) is 15.8. The average molecular weight is 639 g/mol. The molecule has 4 unspecified atom stereocenters. The highest BCUT2D eigenvalue weighted by Gasteiger charge is 2.24. The lowest BCUT2D eigenvalue weighted by atomic mass is 10.0. The molecule has 9 heteroatoms. The maximum Gasteiger partial charge on any atom is 0.338 e. The lowest BCUT2D eigenvalue weighted by molar-refractivity contribution is -0.0262. The molecule has 0 radical (unpaired) electrons. The average Bonchev–Trinajstić information content (AvgIpc) is 4.03. The van der Waals surface area contributed by atoms with Crippen LogP contribution in [0.25, 0.3) is 22.3 Å². The molecule has 0 aromatic heterocycles. The fourth-order valence-corrected chi connectivity index (χ4v) is 4.76. The third-order valence-corrected chi connectivity index (χ3v) is 7.61. The molecule has 9 nitrogen and oxygen atoms in total. The van der Waals surface area contributed by atoms with Crippen LogP contribution in [0.5, 0.6) is 11.5 Å². The Balaban J connectivity index is 0.890. The highest BCUT2D eigenvalue weighted by molar-refractivity contribution is 5.90. The molecule has 0 bridgehead atoms. The van der Waals surface area contributed by atoms with Gasteiger partial charge in [0.05, 0.1) is 37.6 Å². The van der Waals surface area contributed by atoms with Gasteiger partial charge in [-0.15, -0.1) is 0 Å². The van der Waals surface area contributed by atoms with E-state index in [1.807, 2.05) is 72.8 Å². The van der Waals surface area contributed by atoms with Crippen LogP contribution < -0.4 is 9.47 Å². The summed E-state index contributed by atoms with van der Waals surface area (Å²) in [5.41, 5.74) is 4.88. The molecule has 0 saturated carbocycles. The third-order valence-electron chi connectivity index (χ3n) is 7.61. The fraction of sp³-hybridized carbons (Fsp3) is 0.316. The number of rotatable bonds is 16. The molecule has 47 heavy (non-hydrogen) atoms. The highest BCUT2D eigenvalue weighted by atomic mass is 16.6. The van der Waals surface area contributed by atoms with Gasteiger partial charge in [-0.2, -0.15) is 0 Å². The van der Waals surface area contributed by atoms with Crippen LogP contribution in [0.3, 0.4) is 0 Å². The van der Waals surface area contributed by atoms with E-state index in [4.69, 9.17) is 33.2 Å². The molecule has 2 fully saturated rings. The van der Waals surface area contributed by atoms with Crippen LogP contribution in [0.15, 0.2) is 97.1 Å². The minimum absolute atomic E-state index is 0.167. The van der Waals surface area contributed by atoms with Crippen molar-refractivity contribution in [2.45, 2.75) is 38.3 Å². The van der Waals surface area contributed by atoms with Crippen LogP contribution in [0, 0.1) is 0 Å². The molecular formula is C38H38O9. The zero-order valence-corrected chi connectivity index (χ0v) is 26.5. The number of esters is 2. The summed E-state index contributed by atoms with van der Waals surface area (Å²) in [4.78, 5) is 25.4. The molecule has 2 heterocycles. The van der Waals surface area contributed by atoms with Gasteiger partial charge in [0.15, 0.2) is 0 Å². The van der Waals surface area contributed by atoms with Gasteiger partial charge in [-0.05, 0) is 84.6 Å². The van der Waals surface area contributed by atoms with Gasteiger partial charge in [-0.3, -0.25) is 0 Å². The Morgan fingerprint density at radius 2 is 0.894 bits per heavy atom. The Hall–Kier alpha value is -4.70. The van der Waals surface area contributed by atoms with Crippen molar-refractivity contribution in [2.24, 2.45) is 0 Å². The first-order chi connectivity index (χ1) is 22.9. The summed E-state index contributed by atoms with van der Waals surface area (Å²) in [6, 6.07) is 30.1. The van der Waals surface area contributed by atoms with Crippen LogP contribution in [0.1, 0.15) is 34.6 Å². The predicted molar refractivity (Wildman–Crippen MR) is 175 cm³/mol. The smallest absolute Gasteiger partial charge is 0.338 e. The van der Waals surface area contributed by atoms with Gasteiger partial charge in [0, 0.05) is 0 Å². The molecule has 0 spiro atoms. The number of carbonyl (C=O) groups excluding carboxylic acids is 2. The van der Waals surface area contributed by atoms with Crippen molar-refractivity contribution in [3.05, 3.63) is 108 Å². The van der Waals surface area contributed by atoms with Crippen molar-refractivity contribution in [2.75, 3.05) is 39.6 Å². The minimum Gasteiger partial charge on any atom is -0.491 e. The number of ether oxygens (including phenoxy) is 7. The number of hydrogen-bond donors (Lipinski definition) is 0. The summed E-state index contributed by atoms with van der Waals surface area (Å²) in [5, 5.41) is 0. The van der Waals surface area contributed by atoms with Gasteiger partial charge in [-0.25, -0.2) is 9.59 Å². The van der Waals surface area contributed by atoms with Crippen molar-refractivity contribution < 1.29 is 42.7 Å². The highest BCUT2D eigenvalue weighted by Crippen LogP contribution is 2.25. The first kappa shape index (κ1) is 32.2. The Morgan fingerprint density at radius 1 is 0.574 bits per heavy atom. The summed E-state index contributed by atoms with van der Waals surface area (Å²) in [6.45, 7) is 6.50. The summed E-state index contributed by atoms with van der Waals surface area (Å²) < 4.78 is 38.5. The second-order valence-electron chi connectivity index (χ2n) is 11.7. The second kappa shape index (κ2) is 15.3. The van der Waals surface area contributed by atoms with E-state index in [1.54, 1.807) is 38.1 Å². The number of carbonyl (C=O) groups is 2. The van der Waals surface area contributed by atoms with Gasteiger partial charge in [0.2, 0.25) is 0 Å². The molecule has 4 atom stereocenters. The summed E-state index contributed by atoms with van der Waals surface area (Å²) in [7, 11) is 0. The van der Waals surface area contributed by atoms with E-state index in [2.05, 4.69) is 0 Å². The molecule has 244 valence electrons. The molecular weight excluding hydrogens is 600 g/mol. The Morgan fingerprint density at radius 3 is 1.21 bits per heavy atom. The number of epoxide rings is 2. The molecule has 0 aliphatic carbocycles. The lowest BCUT2D eigenvalue weighted by Crippen LogP contribution is -2.25. The monoisotopic (exact) mass is 638 g/mol. The zero-order valence-electron chi connectivity index (χ0n) is 26.5. The van der Waals surface area contributed by atoms with Crippen molar-refractivity contribution in [3.63, 3.8) is 0 Å². The quantitative estimate of drug-likeness (QED) is 0.102. The lowest BCUT2D eigenvalue weighted by Gasteiger charge is -2.17. The molecule has 2 aliphatic heterocycles. The van der Waals surface area contributed by atoms with Crippen LogP contribution in [0.2, 0.25) is 0 Å². The SMILES string of the molecule is CC(COCC(C)OC(=O)c1ccc(-c2ccc(OCC3CO3)cc2)cc1)OC(=O)c1ccc(-c2ccc(OCC3CO3)cc2)cc1. The van der Waals surface area contributed by atoms with Crippen molar-refractivity contribution in [1.82, 2.24) is 0 Å². The van der Waals surface area contributed by atoms with Gasteiger partial charge in [0.25, 0.3) is 0 Å². The molecule has 4 aromatic carbocycles. The van der Waals surface area contributed by atoms with Crippen molar-refractivity contribution in [3.8, 4) is 33.8 Å². The Kier molecular flexibility index (Phi) is 10.5. The van der Waals surface area contributed by atoms with Crippen LogP contribution in [0.4, 0.5) is 0 Å². The molecule has 2 saturated heterocycles. The van der Waals surface area contributed by atoms with E-state index in [0.29, 0.717) is 24.3 Å². The molecule has 6 rings (SSSR count). The summed E-state index contributed by atoms with van der Waals surface area (Å²) in [6.07, 6.45) is -0.549. The predicted octanol–water partition coefficient (Wildman–Crippen LogP) is 6.38. The van der Waals surface area contributed by atoms with Crippen molar-refractivity contribution >= 4 is 11.9 Å². The van der Waals surface area contributed by atoms with Gasteiger partial charge in [0.1, 0.15) is 49.1 Å².